The standard InChI is InChI=1S/C21H21N3O3/c1-27-15-7-8-18-17(11-15)16-9-14(10-19(16)24-18)23-20(25)12-22-21(26)13-5-3-2-4-6-13/h2-8,11,14,24H,9-10,12H2,1H3,(H,22,26)(H,23,25). The molecule has 6 heteroatoms. The zero-order valence-electron chi connectivity index (χ0n) is 15.0. The summed E-state index contributed by atoms with van der Waals surface area (Å²) in [4.78, 5) is 27.7. The van der Waals surface area contributed by atoms with Gasteiger partial charge < -0.3 is 20.4 Å². The highest BCUT2D eigenvalue weighted by molar-refractivity contribution is 5.96. The molecule has 2 aromatic carbocycles. The van der Waals surface area contributed by atoms with Crippen LogP contribution in [0.15, 0.2) is 48.5 Å². The SMILES string of the molecule is COc1ccc2[nH]c3c(c2c1)CC(NC(=O)CNC(=O)c1ccccc1)C3. The van der Waals surface area contributed by atoms with E-state index in [1.165, 1.54) is 5.56 Å². The molecule has 1 aliphatic rings. The van der Waals surface area contributed by atoms with Gasteiger partial charge in [0, 0.05) is 34.6 Å². The van der Waals surface area contributed by atoms with Crippen molar-refractivity contribution in [3.63, 3.8) is 0 Å². The van der Waals surface area contributed by atoms with E-state index in [1.54, 1.807) is 31.4 Å². The molecule has 0 bridgehead atoms. The molecule has 0 spiro atoms. The molecule has 1 atom stereocenters. The zero-order chi connectivity index (χ0) is 18.8. The molecule has 3 aromatic rings. The number of hydrogen-bond donors (Lipinski definition) is 3. The summed E-state index contributed by atoms with van der Waals surface area (Å²) in [6, 6.07) is 14.9. The van der Waals surface area contributed by atoms with E-state index in [2.05, 4.69) is 15.6 Å². The Morgan fingerprint density at radius 3 is 2.74 bits per heavy atom. The van der Waals surface area contributed by atoms with Gasteiger partial charge in [0.15, 0.2) is 0 Å². The summed E-state index contributed by atoms with van der Waals surface area (Å²) in [6.45, 7) is -0.0350. The van der Waals surface area contributed by atoms with Crippen molar-refractivity contribution in [1.82, 2.24) is 15.6 Å². The van der Waals surface area contributed by atoms with Crippen molar-refractivity contribution >= 4 is 22.7 Å². The lowest BCUT2D eigenvalue weighted by Gasteiger charge is -2.13. The number of hydrogen-bond acceptors (Lipinski definition) is 3. The maximum absolute atomic E-state index is 12.2. The molecule has 6 nitrogen and oxygen atoms in total. The van der Waals surface area contributed by atoms with E-state index in [9.17, 15) is 9.59 Å². The Bertz CT molecular complexity index is 995. The minimum Gasteiger partial charge on any atom is -0.497 e. The van der Waals surface area contributed by atoms with Crippen LogP contribution in [0, 0.1) is 0 Å². The molecule has 1 aromatic heterocycles. The van der Waals surface area contributed by atoms with Crippen LogP contribution in [0.4, 0.5) is 0 Å². The van der Waals surface area contributed by atoms with Gasteiger partial charge in [-0.3, -0.25) is 9.59 Å². The highest BCUT2D eigenvalue weighted by Gasteiger charge is 2.26. The van der Waals surface area contributed by atoms with Crippen molar-refractivity contribution in [2.45, 2.75) is 18.9 Å². The lowest BCUT2D eigenvalue weighted by atomic mass is 10.1. The van der Waals surface area contributed by atoms with Crippen LogP contribution in [-0.2, 0) is 17.6 Å². The van der Waals surface area contributed by atoms with Gasteiger partial charge in [-0.15, -0.1) is 0 Å². The number of H-pyrrole nitrogens is 1. The first-order chi connectivity index (χ1) is 13.1. The second-order valence-corrected chi connectivity index (χ2v) is 6.72. The molecule has 0 fully saturated rings. The second-order valence-electron chi connectivity index (χ2n) is 6.72. The first-order valence-electron chi connectivity index (χ1n) is 8.94. The van der Waals surface area contributed by atoms with Crippen LogP contribution in [0.3, 0.4) is 0 Å². The van der Waals surface area contributed by atoms with Crippen LogP contribution in [-0.4, -0.2) is 36.5 Å². The average molecular weight is 363 g/mol. The summed E-state index contributed by atoms with van der Waals surface area (Å²) < 4.78 is 5.31. The Morgan fingerprint density at radius 1 is 1.15 bits per heavy atom. The monoisotopic (exact) mass is 363 g/mol. The molecular weight excluding hydrogens is 342 g/mol. The van der Waals surface area contributed by atoms with Crippen LogP contribution in [0.2, 0.25) is 0 Å². The van der Waals surface area contributed by atoms with E-state index in [0.29, 0.717) is 5.56 Å². The minimum absolute atomic E-state index is 0.0305. The number of rotatable bonds is 5. The first-order valence-corrected chi connectivity index (χ1v) is 8.94. The molecule has 3 N–H and O–H groups in total. The fourth-order valence-corrected chi connectivity index (χ4v) is 3.61. The van der Waals surface area contributed by atoms with E-state index < -0.39 is 0 Å². The first kappa shape index (κ1) is 17.1. The second kappa shape index (κ2) is 7.15. The predicted molar refractivity (Wildman–Crippen MR) is 103 cm³/mol. The largest absolute Gasteiger partial charge is 0.497 e. The Labute approximate surface area is 156 Å². The maximum atomic E-state index is 12.2. The Morgan fingerprint density at radius 2 is 1.96 bits per heavy atom. The number of carbonyl (C=O) groups is 2. The van der Waals surface area contributed by atoms with Crippen molar-refractivity contribution < 1.29 is 14.3 Å². The van der Waals surface area contributed by atoms with Gasteiger partial charge in [0.25, 0.3) is 5.91 Å². The third-order valence-corrected chi connectivity index (χ3v) is 4.91. The maximum Gasteiger partial charge on any atom is 0.251 e. The number of ether oxygens (including phenoxy) is 1. The van der Waals surface area contributed by atoms with E-state index >= 15 is 0 Å². The smallest absolute Gasteiger partial charge is 0.251 e. The molecule has 4 rings (SSSR count). The van der Waals surface area contributed by atoms with Crippen molar-refractivity contribution in [3.05, 3.63) is 65.4 Å². The predicted octanol–water partition coefficient (Wildman–Crippen LogP) is 2.19. The van der Waals surface area contributed by atoms with Crippen LogP contribution in [0.25, 0.3) is 10.9 Å². The molecule has 138 valence electrons. The molecule has 0 saturated heterocycles. The molecule has 1 heterocycles. The molecule has 2 amide bonds. The molecule has 0 saturated carbocycles. The van der Waals surface area contributed by atoms with Crippen molar-refractivity contribution in [3.8, 4) is 5.75 Å². The third kappa shape index (κ3) is 3.51. The van der Waals surface area contributed by atoms with Gasteiger partial charge in [0.1, 0.15) is 5.75 Å². The summed E-state index contributed by atoms with van der Waals surface area (Å²) in [6.07, 6.45) is 1.52. The number of aromatic amines is 1. The minimum atomic E-state index is -0.250. The van der Waals surface area contributed by atoms with E-state index in [-0.39, 0.29) is 24.4 Å². The molecule has 0 radical (unpaired) electrons. The van der Waals surface area contributed by atoms with Gasteiger partial charge in [0.2, 0.25) is 5.91 Å². The summed E-state index contributed by atoms with van der Waals surface area (Å²) >= 11 is 0. The number of amides is 2. The van der Waals surface area contributed by atoms with Crippen molar-refractivity contribution in [2.24, 2.45) is 0 Å². The quantitative estimate of drug-likeness (QED) is 0.650. The van der Waals surface area contributed by atoms with Crippen LogP contribution in [0.1, 0.15) is 21.6 Å². The van der Waals surface area contributed by atoms with Gasteiger partial charge in [-0.2, -0.15) is 0 Å². The van der Waals surface area contributed by atoms with Crippen LogP contribution >= 0.6 is 0 Å². The lowest BCUT2D eigenvalue weighted by Crippen LogP contribution is -2.42. The van der Waals surface area contributed by atoms with Gasteiger partial charge in [-0.25, -0.2) is 0 Å². The number of nitrogens with one attached hydrogen (secondary N) is 3. The van der Waals surface area contributed by atoms with E-state index in [1.807, 2.05) is 24.3 Å². The van der Waals surface area contributed by atoms with E-state index in [4.69, 9.17) is 4.74 Å². The fraction of sp³-hybridized carbons (Fsp3) is 0.238. The molecule has 1 unspecified atom stereocenters. The number of fused-ring (bicyclic) bond motifs is 3. The number of aromatic nitrogens is 1. The highest BCUT2D eigenvalue weighted by atomic mass is 16.5. The third-order valence-electron chi connectivity index (χ3n) is 4.91. The lowest BCUT2D eigenvalue weighted by molar-refractivity contribution is -0.120. The number of benzene rings is 2. The fourth-order valence-electron chi connectivity index (χ4n) is 3.61. The normalized spacial score (nSPS) is 15.4. The number of methoxy groups -OCH3 is 1. The molecule has 1 aliphatic carbocycles. The Kier molecular flexibility index (Phi) is 4.54. The Balaban J connectivity index is 1.35. The zero-order valence-corrected chi connectivity index (χ0v) is 15.0. The summed E-state index contributed by atoms with van der Waals surface area (Å²) in [5, 5.41) is 6.80. The summed E-state index contributed by atoms with van der Waals surface area (Å²) in [7, 11) is 1.65. The van der Waals surface area contributed by atoms with Crippen LogP contribution in [0.5, 0.6) is 5.75 Å². The number of carbonyl (C=O) groups excluding carboxylic acids is 2. The topological polar surface area (TPSA) is 83.2 Å². The van der Waals surface area contributed by atoms with Gasteiger partial charge in [-0.1, -0.05) is 18.2 Å². The molecule has 27 heavy (non-hydrogen) atoms. The molecular formula is C21H21N3O3. The molecule has 0 aliphatic heterocycles. The highest BCUT2D eigenvalue weighted by Crippen LogP contribution is 2.32. The summed E-state index contributed by atoms with van der Waals surface area (Å²) in [5.41, 5.74) is 4.00. The van der Waals surface area contributed by atoms with Gasteiger partial charge in [-0.05, 0) is 42.3 Å². The van der Waals surface area contributed by atoms with Gasteiger partial charge in [0.05, 0.1) is 13.7 Å². The van der Waals surface area contributed by atoms with E-state index in [0.717, 1.165) is 35.2 Å². The average Bonchev–Trinajstić information content (AvgIpc) is 3.23. The van der Waals surface area contributed by atoms with Crippen molar-refractivity contribution in [1.29, 1.82) is 0 Å². The summed E-state index contributed by atoms with van der Waals surface area (Å²) in [5.74, 6) is 0.386. The Hall–Kier alpha value is -3.28. The van der Waals surface area contributed by atoms with Crippen molar-refractivity contribution in [2.75, 3.05) is 13.7 Å². The van der Waals surface area contributed by atoms with Gasteiger partial charge >= 0.3 is 0 Å². The van der Waals surface area contributed by atoms with Crippen LogP contribution < -0.4 is 15.4 Å².